The first-order valence-corrected chi connectivity index (χ1v) is 4.90. The van der Waals surface area contributed by atoms with Crippen molar-refractivity contribution in [3.8, 4) is 0 Å². The van der Waals surface area contributed by atoms with Gasteiger partial charge in [-0.3, -0.25) is 0 Å². The van der Waals surface area contributed by atoms with Gasteiger partial charge in [0.2, 0.25) is 0 Å². The fraction of sp³-hybridized carbons (Fsp3) is 1.00. The molecule has 3 heteroatoms. The van der Waals surface area contributed by atoms with Crippen molar-refractivity contribution in [1.29, 1.82) is 0 Å². The first kappa shape index (κ1) is 12.9. The number of rotatable bonds is 5. The molecule has 0 aliphatic carbocycles. The van der Waals surface area contributed by atoms with Gasteiger partial charge in [0.15, 0.2) is 0 Å². The maximum absolute atomic E-state index is 8.68. The third kappa shape index (κ3) is 8.22. The number of nitrogens with zero attached hydrogens (tertiary/aromatic N) is 1. The first-order valence-electron chi connectivity index (χ1n) is 4.90. The van der Waals surface area contributed by atoms with Gasteiger partial charge in [0, 0.05) is 25.7 Å². The van der Waals surface area contributed by atoms with Crippen molar-refractivity contribution in [3.63, 3.8) is 0 Å². The number of hydrogen-bond donors (Lipinski definition) is 2. The molecule has 0 aromatic rings. The summed E-state index contributed by atoms with van der Waals surface area (Å²) in [7, 11) is 2.07. The van der Waals surface area contributed by atoms with E-state index in [2.05, 4.69) is 32.7 Å². The molecule has 0 aliphatic heterocycles. The van der Waals surface area contributed by atoms with Crippen LogP contribution in [0.25, 0.3) is 0 Å². The summed E-state index contributed by atoms with van der Waals surface area (Å²) < 4.78 is 0. The largest absolute Gasteiger partial charge is 0.396 e. The maximum Gasteiger partial charge on any atom is 0.0446 e. The van der Waals surface area contributed by atoms with Crippen LogP contribution in [0.5, 0.6) is 0 Å². The molecule has 0 saturated carbocycles. The van der Waals surface area contributed by atoms with Crippen molar-refractivity contribution in [2.75, 3.05) is 26.7 Å². The van der Waals surface area contributed by atoms with E-state index in [9.17, 15) is 0 Å². The molecule has 3 nitrogen and oxygen atoms in total. The van der Waals surface area contributed by atoms with Crippen molar-refractivity contribution >= 4 is 0 Å². The van der Waals surface area contributed by atoms with Gasteiger partial charge in [0.05, 0.1) is 0 Å². The Morgan fingerprint density at radius 1 is 1.38 bits per heavy atom. The van der Waals surface area contributed by atoms with Crippen LogP contribution in [0, 0.1) is 5.41 Å². The summed E-state index contributed by atoms with van der Waals surface area (Å²) in [6.07, 6.45) is 0.689. The zero-order chi connectivity index (χ0) is 10.5. The Kier molecular flexibility index (Phi) is 5.53. The number of hydrogen-bond acceptors (Lipinski definition) is 3. The molecule has 0 radical (unpaired) electrons. The highest BCUT2D eigenvalue weighted by Gasteiger charge is 2.14. The number of nitrogens with two attached hydrogens (primary N) is 1. The van der Waals surface area contributed by atoms with Gasteiger partial charge in [0.25, 0.3) is 0 Å². The normalized spacial score (nSPS) is 15.0. The second-order valence-corrected chi connectivity index (χ2v) is 5.03. The Balaban J connectivity index is 3.67. The van der Waals surface area contributed by atoms with Crippen molar-refractivity contribution in [2.45, 2.75) is 33.2 Å². The minimum atomic E-state index is 0.0948. The van der Waals surface area contributed by atoms with Crippen LogP contribution in [0.3, 0.4) is 0 Å². The molecule has 80 valence electrons. The molecular formula is C10H24N2O. The highest BCUT2D eigenvalue weighted by atomic mass is 16.3. The van der Waals surface area contributed by atoms with E-state index in [1.54, 1.807) is 0 Å². The predicted octanol–water partition coefficient (Wildman–Crippen LogP) is 0.674. The molecule has 0 saturated heterocycles. The molecule has 0 aliphatic rings. The third-order valence-corrected chi connectivity index (χ3v) is 1.79. The molecule has 1 atom stereocenters. The van der Waals surface area contributed by atoms with Gasteiger partial charge in [-0.1, -0.05) is 20.8 Å². The number of aliphatic hydroxyl groups excluding tert-OH is 1. The van der Waals surface area contributed by atoms with E-state index >= 15 is 0 Å². The van der Waals surface area contributed by atoms with Gasteiger partial charge in [-0.2, -0.15) is 0 Å². The van der Waals surface area contributed by atoms with E-state index in [4.69, 9.17) is 10.8 Å². The zero-order valence-electron chi connectivity index (χ0n) is 9.38. The number of likely N-dealkylation sites (N-methyl/N-ethyl adjacent to an activating group) is 1. The second-order valence-electron chi connectivity index (χ2n) is 5.03. The lowest BCUT2D eigenvalue weighted by Gasteiger charge is -2.28. The van der Waals surface area contributed by atoms with E-state index in [0.29, 0.717) is 11.8 Å². The van der Waals surface area contributed by atoms with Gasteiger partial charge in [-0.15, -0.1) is 0 Å². The fourth-order valence-corrected chi connectivity index (χ4v) is 1.53. The molecule has 0 heterocycles. The summed E-state index contributed by atoms with van der Waals surface area (Å²) in [5.41, 5.74) is 6.12. The molecule has 0 spiro atoms. The summed E-state index contributed by atoms with van der Waals surface area (Å²) in [4.78, 5) is 2.22. The fourth-order valence-electron chi connectivity index (χ4n) is 1.53. The van der Waals surface area contributed by atoms with E-state index in [-0.39, 0.29) is 12.6 Å². The van der Waals surface area contributed by atoms with Crippen molar-refractivity contribution in [1.82, 2.24) is 4.90 Å². The highest BCUT2D eigenvalue weighted by molar-refractivity contribution is 4.71. The summed E-state index contributed by atoms with van der Waals surface area (Å²) >= 11 is 0. The minimum absolute atomic E-state index is 0.0948. The van der Waals surface area contributed by atoms with Gasteiger partial charge >= 0.3 is 0 Å². The van der Waals surface area contributed by atoms with E-state index in [1.165, 1.54) is 0 Å². The van der Waals surface area contributed by atoms with Gasteiger partial charge < -0.3 is 15.7 Å². The van der Waals surface area contributed by atoms with Crippen molar-refractivity contribution < 1.29 is 5.11 Å². The van der Waals surface area contributed by atoms with Crippen LogP contribution in [0.15, 0.2) is 0 Å². The van der Waals surface area contributed by atoms with E-state index < -0.39 is 0 Å². The molecule has 1 unspecified atom stereocenters. The zero-order valence-corrected chi connectivity index (χ0v) is 9.38. The Morgan fingerprint density at radius 3 is 2.31 bits per heavy atom. The Bertz CT molecular complexity index is 131. The van der Waals surface area contributed by atoms with Crippen LogP contribution in [0.4, 0.5) is 0 Å². The second kappa shape index (κ2) is 5.58. The molecule has 0 aromatic heterocycles. The molecule has 0 amide bonds. The average molecular weight is 188 g/mol. The summed E-state index contributed by atoms with van der Waals surface area (Å²) in [6.45, 7) is 8.71. The standard InChI is InChI=1S/C10H24N2O/c1-10(2,3)8-12(4)7-9(11)5-6-13/h9,13H,5-8,11H2,1-4H3. The summed E-state index contributed by atoms with van der Waals surface area (Å²) in [5.74, 6) is 0. The lowest BCUT2D eigenvalue weighted by atomic mass is 9.96. The quantitative estimate of drug-likeness (QED) is 0.667. The van der Waals surface area contributed by atoms with Crippen LogP contribution < -0.4 is 5.73 Å². The predicted molar refractivity (Wildman–Crippen MR) is 56.6 cm³/mol. The van der Waals surface area contributed by atoms with Crippen LogP contribution in [-0.2, 0) is 0 Å². The van der Waals surface area contributed by atoms with Gasteiger partial charge in [-0.05, 0) is 18.9 Å². The highest BCUT2D eigenvalue weighted by Crippen LogP contribution is 2.14. The van der Waals surface area contributed by atoms with Crippen molar-refractivity contribution in [2.24, 2.45) is 11.1 Å². The topological polar surface area (TPSA) is 49.5 Å². The average Bonchev–Trinajstić information content (AvgIpc) is 1.81. The Labute approximate surface area is 81.9 Å². The molecule has 0 rings (SSSR count). The summed E-state index contributed by atoms with van der Waals surface area (Å²) in [6, 6.07) is 0.0948. The molecule has 0 aromatic carbocycles. The minimum Gasteiger partial charge on any atom is -0.396 e. The number of aliphatic hydroxyl groups is 1. The lowest BCUT2D eigenvalue weighted by molar-refractivity contribution is 0.201. The smallest absolute Gasteiger partial charge is 0.0446 e. The molecule has 0 fully saturated rings. The van der Waals surface area contributed by atoms with Crippen molar-refractivity contribution in [3.05, 3.63) is 0 Å². The van der Waals surface area contributed by atoms with Crippen LogP contribution in [0.1, 0.15) is 27.2 Å². The van der Waals surface area contributed by atoms with Crippen LogP contribution in [0.2, 0.25) is 0 Å². The van der Waals surface area contributed by atoms with Gasteiger partial charge in [-0.25, -0.2) is 0 Å². The molecule has 3 N–H and O–H groups in total. The Hall–Kier alpha value is -0.120. The lowest BCUT2D eigenvalue weighted by Crippen LogP contribution is -2.39. The molecular weight excluding hydrogens is 164 g/mol. The summed E-state index contributed by atoms with van der Waals surface area (Å²) in [5, 5.41) is 8.68. The van der Waals surface area contributed by atoms with E-state index in [1.807, 2.05) is 0 Å². The maximum atomic E-state index is 8.68. The SMILES string of the molecule is CN(CC(N)CCO)CC(C)(C)C. The van der Waals surface area contributed by atoms with E-state index in [0.717, 1.165) is 13.1 Å². The monoisotopic (exact) mass is 188 g/mol. The third-order valence-electron chi connectivity index (χ3n) is 1.79. The van der Waals surface area contributed by atoms with Crippen LogP contribution in [-0.4, -0.2) is 42.8 Å². The molecule has 0 bridgehead atoms. The Morgan fingerprint density at radius 2 is 1.92 bits per heavy atom. The molecule has 13 heavy (non-hydrogen) atoms. The first-order chi connectivity index (χ1) is 5.85. The van der Waals surface area contributed by atoms with Crippen LogP contribution >= 0.6 is 0 Å². The van der Waals surface area contributed by atoms with Gasteiger partial charge in [0.1, 0.15) is 0 Å².